The third-order valence-electron chi connectivity index (χ3n) is 1.46. The zero-order valence-corrected chi connectivity index (χ0v) is 5.52. The van der Waals surface area contributed by atoms with E-state index in [9.17, 15) is 0 Å². The summed E-state index contributed by atoms with van der Waals surface area (Å²) in [5.74, 6) is 0.764. The normalized spacial score (nSPS) is 27.8. The second kappa shape index (κ2) is 2.17. The second-order valence-corrected chi connectivity index (χ2v) is 2.58. The van der Waals surface area contributed by atoms with Crippen molar-refractivity contribution in [2.45, 2.75) is 20.3 Å². The van der Waals surface area contributed by atoms with Gasteiger partial charge in [0, 0.05) is 0 Å². The molecule has 0 amide bonds. The minimum absolute atomic E-state index is 0.764. The molecular formula is C8H12. The zero-order chi connectivity index (χ0) is 5.98. The Bertz CT molecular complexity index is 129. The van der Waals surface area contributed by atoms with Crippen LogP contribution in [-0.4, -0.2) is 0 Å². The van der Waals surface area contributed by atoms with Crippen LogP contribution < -0.4 is 0 Å². The maximum absolute atomic E-state index is 2.24. The van der Waals surface area contributed by atoms with Gasteiger partial charge in [-0.15, -0.1) is 0 Å². The van der Waals surface area contributed by atoms with Crippen molar-refractivity contribution in [1.82, 2.24) is 0 Å². The van der Waals surface area contributed by atoms with E-state index in [1.54, 1.807) is 0 Å². The molecule has 0 bridgehead atoms. The number of allylic oxidation sites excluding steroid dienone is 4. The molecular weight excluding hydrogens is 96.1 g/mol. The first-order chi connectivity index (χ1) is 3.79. The summed E-state index contributed by atoms with van der Waals surface area (Å²) in [6, 6.07) is 0. The van der Waals surface area contributed by atoms with Gasteiger partial charge in [0.2, 0.25) is 0 Å². The van der Waals surface area contributed by atoms with Crippen LogP contribution in [0.1, 0.15) is 20.3 Å². The molecule has 0 fully saturated rings. The molecule has 0 aliphatic heterocycles. The molecule has 0 nitrogen and oxygen atoms in total. The van der Waals surface area contributed by atoms with E-state index in [1.807, 2.05) is 0 Å². The maximum atomic E-state index is 2.24. The third kappa shape index (κ3) is 1.22. The summed E-state index contributed by atoms with van der Waals surface area (Å²) >= 11 is 0. The lowest BCUT2D eigenvalue weighted by atomic mass is 9.97. The summed E-state index contributed by atoms with van der Waals surface area (Å²) in [4.78, 5) is 0. The predicted octanol–water partition coefficient (Wildman–Crippen LogP) is 2.53. The summed E-state index contributed by atoms with van der Waals surface area (Å²) in [5, 5.41) is 0. The molecule has 0 heterocycles. The van der Waals surface area contributed by atoms with Crippen LogP contribution in [0.25, 0.3) is 0 Å². The Labute approximate surface area is 50.9 Å². The van der Waals surface area contributed by atoms with Crippen molar-refractivity contribution in [2.75, 3.05) is 0 Å². The summed E-state index contributed by atoms with van der Waals surface area (Å²) in [5.41, 5.74) is 1.50. The molecule has 0 aromatic carbocycles. The smallest absolute Gasteiger partial charge is 0.0222 e. The van der Waals surface area contributed by atoms with Crippen LogP contribution in [0.4, 0.5) is 0 Å². The van der Waals surface area contributed by atoms with Gasteiger partial charge in [-0.2, -0.15) is 0 Å². The molecule has 1 aliphatic rings. The quantitative estimate of drug-likeness (QED) is 0.447. The zero-order valence-electron chi connectivity index (χ0n) is 5.52. The van der Waals surface area contributed by atoms with E-state index in [0.717, 1.165) is 5.92 Å². The number of hydrogen-bond acceptors (Lipinski definition) is 0. The number of rotatable bonds is 0. The van der Waals surface area contributed by atoms with Gasteiger partial charge >= 0.3 is 0 Å². The first-order valence-corrected chi connectivity index (χ1v) is 3.13. The van der Waals surface area contributed by atoms with Crippen LogP contribution >= 0.6 is 0 Å². The molecule has 44 valence electrons. The summed E-state index contributed by atoms with van der Waals surface area (Å²) in [6.45, 7) is 4.42. The molecule has 0 heteroatoms. The van der Waals surface area contributed by atoms with E-state index < -0.39 is 0 Å². The monoisotopic (exact) mass is 108 g/mol. The highest BCUT2D eigenvalue weighted by Gasteiger charge is 1.99. The van der Waals surface area contributed by atoms with Crippen molar-refractivity contribution in [3.63, 3.8) is 0 Å². The predicted molar refractivity (Wildman–Crippen MR) is 36.7 cm³/mol. The van der Waals surface area contributed by atoms with E-state index in [2.05, 4.69) is 32.1 Å². The molecule has 0 saturated heterocycles. The molecule has 0 unspecified atom stereocenters. The third-order valence-corrected chi connectivity index (χ3v) is 1.46. The highest BCUT2D eigenvalue weighted by Crippen LogP contribution is 2.16. The van der Waals surface area contributed by atoms with Gasteiger partial charge in [0.05, 0.1) is 0 Å². The highest BCUT2D eigenvalue weighted by atomic mass is 14.1. The van der Waals surface area contributed by atoms with Gasteiger partial charge in [-0.25, -0.2) is 0 Å². The molecule has 1 atom stereocenters. The van der Waals surface area contributed by atoms with E-state index in [0.29, 0.717) is 0 Å². The first kappa shape index (κ1) is 5.61. The molecule has 0 aromatic heterocycles. The van der Waals surface area contributed by atoms with Crippen LogP contribution in [0, 0.1) is 5.92 Å². The Morgan fingerprint density at radius 3 is 2.75 bits per heavy atom. The molecule has 0 saturated carbocycles. The van der Waals surface area contributed by atoms with Gasteiger partial charge in [0.1, 0.15) is 0 Å². The van der Waals surface area contributed by atoms with Crippen LogP contribution in [0.15, 0.2) is 23.8 Å². The lowest BCUT2D eigenvalue weighted by Crippen LogP contribution is -1.93. The van der Waals surface area contributed by atoms with E-state index in [4.69, 9.17) is 0 Å². The average Bonchev–Trinajstić information content (AvgIpc) is 1.64. The molecule has 0 spiro atoms. The molecule has 8 heavy (non-hydrogen) atoms. The summed E-state index contributed by atoms with van der Waals surface area (Å²) < 4.78 is 0. The Kier molecular flexibility index (Phi) is 1.52. The second-order valence-electron chi connectivity index (χ2n) is 2.58. The van der Waals surface area contributed by atoms with Gasteiger partial charge in [0.25, 0.3) is 0 Å². The van der Waals surface area contributed by atoms with Crippen molar-refractivity contribution >= 4 is 0 Å². The Morgan fingerprint density at radius 2 is 2.38 bits per heavy atom. The fraction of sp³-hybridized carbons (Fsp3) is 0.500. The van der Waals surface area contributed by atoms with E-state index in [1.165, 1.54) is 12.0 Å². The van der Waals surface area contributed by atoms with Crippen molar-refractivity contribution in [1.29, 1.82) is 0 Å². The van der Waals surface area contributed by atoms with Gasteiger partial charge in [0.15, 0.2) is 0 Å². The fourth-order valence-corrected chi connectivity index (χ4v) is 1.05. The maximum Gasteiger partial charge on any atom is -0.0222 e. The minimum atomic E-state index is 0.764. The topological polar surface area (TPSA) is 0 Å². The lowest BCUT2D eigenvalue weighted by Gasteiger charge is -2.08. The average molecular weight is 108 g/mol. The Hall–Kier alpha value is -0.520. The van der Waals surface area contributed by atoms with Gasteiger partial charge in [-0.3, -0.25) is 0 Å². The van der Waals surface area contributed by atoms with Gasteiger partial charge in [-0.05, 0) is 19.3 Å². The van der Waals surface area contributed by atoms with Crippen LogP contribution in [0.3, 0.4) is 0 Å². The Balaban J connectivity index is 2.59. The molecule has 1 aliphatic carbocycles. The molecule has 0 radical (unpaired) electrons. The summed E-state index contributed by atoms with van der Waals surface area (Å²) in [6.07, 6.45) is 7.81. The Morgan fingerprint density at radius 1 is 1.62 bits per heavy atom. The molecule has 0 aromatic rings. The standard InChI is InChI=1S/C8H12/c1-7-4-3-5-8(2)6-7/h3-5,7H,6H2,1-2H3/t7-/m0/s1. The minimum Gasteiger partial charge on any atom is -0.0814 e. The van der Waals surface area contributed by atoms with Crippen molar-refractivity contribution in [3.8, 4) is 0 Å². The van der Waals surface area contributed by atoms with Crippen LogP contribution in [0.2, 0.25) is 0 Å². The van der Waals surface area contributed by atoms with Crippen molar-refractivity contribution in [3.05, 3.63) is 23.8 Å². The SMILES string of the molecule is CC1=CC=C[C@H](C)C1. The van der Waals surface area contributed by atoms with Crippen molar-refractivity contribution in [2.24, 2.45) is 5.92 Å². The van der Waals surface area contributed by atoms with Gasteiger partial charge in [-0.1, -0.05) is 30.7 Å². The number of hydrogen-bond donors (Lipinski definition) is 0. The van der Waals surface area contributed by atoms with Crippen LogP contribution in [0.5, 0.6) is 0 Å². The van der Waals surface area contributed by atoms with Gasteiger partial charge < -0.3 is 0 Å². The molecule has 0 N–H and O–H groups in total. The molecule has 1 rings (SSSR count). The van der Waals surface area contributed by atoms with E-state index >= 15 is 0 Å². The fourth-order valence-electron chi connectivity index (χ4n) is 1.05. The lowest BCUT2D eigenvalue weighted by molar-refractivity contribution is 0.707. The summed E-state index contributed by atoms with van der Waals surface area (Å²) in [7, 11) is 0. The largest absolute Gasteiger partial charge is 0.0814 e. The van der Waals surface area contributed by atoms with E-state index in [-0.39, 0.29) is 0 Å². The van der Waals surface area contributed by atoms with Crippen LogP contribution in [-0.2, 0) is 0 Å². The highest BCUT2D eigenvalue weighted by molar-refractivity contribution is 5.17. The first-order valence-electron chi connectivity index (χ1n) is 3.13. The van der Waals surface area contributed by atoms with Crippen molar-refractivity contribution < 1.29 is 0 Å².